The number of rotatable bonds is 5. The van der Waals surface area contributed by atoms with Crippen LogP contribution in [0.25, 0.3) is 0 Å². The molecular weight excluding hydrogens is 228 g/mol. The number of ether oxygens (including phenoxy) is 2. The van der Waals surface area contributed by atoms with Gasteiger partial charge in [0.25, 0.3) is 0 Å². The predicted octanol–water partition coefficient (Wildman–Crippen LogP) is 2.51. The monoisotopic (exact) mass is 242 g/mol. The first-order chi connectivity index (χ1) is 7.63. The van der Waals surface area contributed by atoms with Crippen LogP contribution in [0.5, 0.6) is 11.5 Å². The Kier molecular flexibility index (Phi) is 4.49. The van der Waals surface area contributed by atoms with Crippen molar-refractivity contribution in [3.8, 4) is 11.5 Å². The molecule has 0 saturated carbocycles. The second-order valence-corrected chi connectivity index (χ2v) is 4.28. The fourth-order valence-electron chi connectivity index (χ4n) is 1.35. The van der Waals surface area contributed by atoms with E-state index in [2.05, 4.69) is 0 Å². The molecule has 0 fully saturated rings. The number of hydrogen-bond acceptors (Lipinski definition) is 4. The van der Waals surface area contributed by atoms with Gasteiger partial charge in [0, 0.05) is 4.90 Å². The quantitative estimate of drug-likeness (QED) is 0.804. The first kappa shape index (κ1) is 12.7. The fourth-order valence-corrected chi connectivity index (χ4v) is 2.07. The molecule has 1 rings (SSSR count). The van der Waals surface area contributed by atoms with Crippen LogP contribution in [0.1, 0.15) is 17.3 Å². The summed E-state index contributed by atoms with van der Waals surface area (Å²) in [5, 5.41) is 9.06. The molecule has 0 aliphatic carbocycles. The minimum Gasteiger partial charge on any atom is -0.493 e. The molecule has 0 saturated heterocycles. The van der Waals surface area contributed by atoms with Crippen molar-refractivity contribution in [1.29, 1.82) is 0 Å². The summed E-state index contributed by atoms with van der Waals surface area (Å²) in [6.45, 7) is 2.00. The zero-order valence-corrected chi connectivity index (χ0v) is 10.3. The summed E-state index contributed by atoms with van der Waals surface area (Å²) in [5.74, 6) is 0.552. The van der Waals surface area contributed by atoms with Crippen molar-refractivity contribution < 1.29 is 19.4 Å². The second kappa shape index (κ2) is 5.65. The third-order valence-electron chi connectivity index (χ3n) is 1.99. The molecule has 4 nitrogen and oxygen atoms in total. The molecule has 0 heterocycles. The van der Waals surface area contributed by atoms with Crippen LogP contribution in [0.15, 0.2) is 17.0 Å². The van der Waals surface area contributed by atoms with Crippen LogP contribution < -0.4 is 9.47 Å². The van der Waals surface area contributed by atoms with Crippen LogP contribution in [0.2, 0.25) is 0 Å². The van der Waals surface area contributed by atoms with Crippen molar-refractivity contribution in [3.63, 3.8) is 0 Å². The van der Waals surface area contributed by atoms with Crippen LogP contribution in [0, 0.1) is 0 Å². The normalized spacial score (nSPS) is 9.94. The molecule has 0 spiro atoms. The van der Waals surface area contributed by atoms with Crippen LogP contribution in [0.4, 0.5) is 0 Å². The van der Waals surface area contributed by atoms with Crippen LogP contribution >= 0.6 is 11.8 Å². The van der Waals surface area contributed by atoms with Crippen molar-refractivity contribution in [1.82, 2.24) is 0 Å². The molecule has 1 N–H and O–H groups in total. The van der Waals surface area contributed by atoms with E-state index >= 15 is 0 Å². The molecule has 0 aliphatic rings. The van der Waals surface area contributed by atoms with Gasteiger partial charge in [-0.05, 0) is 17.9 Å². The fraction of sp³-hybridized carbons (Fsp3) is 0.364. The van der Waals surface area contributed by atoms with E-state index in [9.17, 15) is 4.79 Å². The highest BCUT2D eigenvalue weighted by atomic mass is 32.2. The SMILES string of the molecule is CCSc1cc(OC)c(OC)c(C(=O)O)c1. The predicted molar refractivity (Wildman–Crippen MR) is 62.9 cm³/mol. The van der Waals surface area contributed by atoms with E-state index in [0.29, 0.717) is 5.75 Å². The van der Waals surface area contributed by atoms with Gasteiger partial charge in [-0.2, -0.15) is 0 Å². The van der Waals surface area contributed by atoms with Crippen molar-refractivity contribution in [3.05, 3.63) is 17.7 Å². The summed E-state index contributed by atoms with van der Waals surface area (Å²) >= 11 is 1.56. The largest absolute Gasteiger partial charge is 0.493 e. The van der Waals surface area contributed by atoms with E-state index in [4.69, 9.17) is 14.6 Å². The molecule has 16 heavy (non-hydrogen) atoms. The third-order valence-corrected chi connectivity index (χ3v) is 2.85. The first-order valence-corrected chi connectivity index (χ1v) is 5.74. The van der Waals surface area contributed by atoms with E-state index in [-0.39, 0.29) is 11.3 Å². The van der Waals surface area contributed by atoms with E-state index < -0.39 is 5.97 Å². The Labute approximate surface area is 98.6 Å². The topological polar surface area (TPSA) is 55.8 Å². The number of hydrogen-bond donors (Lipinski definition) is 1. The summed E-state index contributed by atoms with van der Waals surface area (Å²) in [6.07, 6.45) is 0. The van der Waals surface area contributed by atoms with Gasteiger partial charge in [0.2, 0.25) is 0 Å². The Morgan fingerprint density at radius 3 is 2.50 bits per heavy atom. The lowest BCUT2D eigenvalue weighted by molar-refractivity contribution is 0.0692. The zero-order valence-electron chi connectivity index (χ0n) is 9.44. The zero-order chi connectivity index (χ0) is 12.1. The number of thioether (sulfide) groups is 1. The highest BCUT2D eigenvalue weighted by Crippen LogP contribution is 2.35. The molecule has 5 heteroatoms. The Balaban J connectivity index is 3.31. The summed E-state index contributed by atoms with van der Waals surface area (Å²) < 4.78 is 10.2. The minimum atomic E-state index is -1.02. The Morgan fingerprint density at radius 2 is 2.06 bits per heavy atom. The van der Waals surface area contributed by atoms with Crippen LogP contribution in [-0.2, 0) is 0 Å². The molecule has 0 aliphatic heterocycles. The van der Waals surface area contributed by atoms with Gasteiger partial charge in [-0.15, -0.1) is 11.8 Å². The molecular formula is C11H14O4S. The number of carbonyl (C=O) groups is 1. The van der Waals surface area contributed by atoms with E-state index in [1.807, 2.05) is 6.92 Å². The Morgan fingerprint density at radius 1 is 1.38 bits per heavy atom. The van der Waals surface area contributed by atoms with Gasteiger partial charge >= 0.3 is 5.97 Å². The number of aromatic carboxylic acids is 1. The molecule has 0 unspecified atom stereocenters. The Hall–Kier alpha value is -1.36. The molecule has 0 radical (unpaired) electrons. The van der Waals surface area contributed by atoms with Gasteiger partial charge in [0.15, 0.2) is 11.5 Å². The third kappa shape index (κ3) is 2.61. The average molecular weight is 242 g/mol. The number of methoxy groups -OCH3 is 2. The lowest BCUT2D eigenvalue weighted by Gasteiger charge is -2.12. The van der Waals surface area contributed by atoms with Gasteiger partial charge in [-0.3, -0.25) is 0 Å². The van der Waals surface area contributed by atoms with Gasteiger partial charge in [0.1, 0.15) is 5.56 Å². The minimum absolute atomic E-state index is 0.123. The molecule has 0 atom stereocenters. The van der Waals surface area contributed by atoms with Gasteiger partial charge < -0.3 is 14.6 Å². The molecule has 88 valence electrons. The maximum Gasteiger partial charge on any atom is 0.339 e. The lowest BCUT2D eigenvalue weighted by atomic mass is 10.2. The molecule has 0 amide bonds. The average Bonchev–Trinajstić information content (AvgIpc) is 2.28. The molecule has 0 bridgehead atoms. The van der Waals surface area contributed by atoms with Crippen molar-refractivity contribution in [2.75, 3.05) is 20.0 Å². The van der Waals surface area contributed by atoms with Gasteiger partial charge in [-0.25, -0.2) is 4.79 Å². The van der Waals surface area contributed by atoms with Gasteiger partial charge in [0.05, 0.1) is 14.2 Å². The maximum absolute atomic E-state index is 11.1. The van der Waals surface area contributed by atoms with E-state index in [1.54, 1.807) is 23.9 Å². The van der Waals surface area contributed by atoms with Crippen molar-refractivity contribution in [2.24, 2.45) is 0 Å². The first-order valence-electron chi connectivity index (χ1n) is 4.76. The van der Waals surface area contributed by atoms with Crippen LogP contribution in [-0.4, -0.2) is 31.0 Å². The van der Waals surface area contributed by atoms with Crippen molar-refractivity contribution >= 4 is 17.7 Å². The summed E-state index contributed by atoms with van der Waals surface area (Å²) in [5.41, 5.74) is 0.123. The standard InChI is InChI=1S/C11H14O4S/c1-4-16-7-5-8(11(12)13)10(15-3)9(6-7)14-2/h5-6H,4H2,1-3H3,(H,12,13). The summed E-state index contributed by atoms with van der Waals surface area (Å²) in [7, 11) is 2.92. The number of benzene rings is 1. The lowest BCUT2D eigenvalue weighted by Crippen LogP contribution is -2.03. The highest BCUT2D eigenvalue weighted by Gasteiger charge is 2.17. The van der Waals surface area contributed by atoms with E-state index in [1.165, 1.54) is 14.2 Å². The summed E-state index contributed by atoms with van der Waals surface area (Å²) in [4.78, 5) is 11.9. The molecule has 1 aromatic rings. The number of carboxylic acid groups (broad SMARTS) is 1. The number of carboxylic acids is 1. The Bertz CT molecular complexity index is 390. The molecule has 0 aromatic heterocycles. The smallest absolute Gasteiger partial charge is 0.339 e. The highest BCUT2D eigenvalue weighted by molar-refractivity contribution is 7.99. The van der Waals surface area contributed by atoms with E-state index in [0.717, 1.165) is 10.6 Å². The molecule has 1 aromatic carbocycles. The van der Waals surface area contributed by atoms with Crippen molar-refractivity contribution in [2.45, 2.75) is 11.8 Å². The van der Waals surface area contributed by atoms with Gasteiger partial charge in [-0.1, -0.05) is 6.92 Å². The summed E-state index contributed by atoms with van der Waals surface area (Å²) in [6, 6.07) is 3.37. The maximum atomic E-state index is 11.1. The second-order valence-electron chi connectivity index (χ2n) is 2.94. The van der Waals surface area contributed by atoms with Crippen LogP contribution in [0.3, 0.4) is 0 Å².